The van der Waals surface area contributed by atoms with E-state index in [-0.39, 0.29) is 31.1 Å². The van der Waals surface area contributed by atoms with E-state index in [2.05, 4.69) is 106 Å². The molecule has 71 heavy (non-hydrogen) atoms. The Bertz CT molecular complexity index is 1460. The number of hydrogen-bond donors (Lipinski definition) is 0. The van der Waals surface area contributed by atoms with Crippen molar-refractivity contribution < 1.29 is 28.6 Å². The van der Waals surface area contributed by atoms with Gasteiger partial charge in [-0.05, 0) is 89.9 Å². The van der Waals surface area contributed by atoms with Crippen molar-refractivity contribution >= 4 is 17.9 Å². The number of ether oxygens (including phenoxy) is 3. The molecule has 404 valence electrons. The summed E-state index contributed by atoms with van der Waals surface area (Å²) in [5.74, 6) is -0.946. The van der Waals surface area contributed by atoms with Crippen molar-refractivity contribution in [3.05, 3.63) is 109 Å². The van der Waals surface area contributed by atoms with E-state index < -0.39 is 6.10 Å². The molecule has 1 atom stereocenters. The lowest BCUT2D eigenvalue weighted by atomic mass is 10.1. The lowest BCUT2D eigenvalue weighted by Gasteiger charge is -2.18. The van der Waals surface area contributed by atoms with Crippen molar-refractivity contribution in [2.45, 2.75) is 271 Å². The van der Waals surface area contributed by atoms with Crippen LogP contribution in [0.5, 0.6) is 0 Å². The predicted molar refractivity (Wildman–Crippen MR) is 307 cm³/mol. The second kappa shape index (κ2) is 58.6. The van der Waals surface area contributed by atoms with Gasteiger partial charge in [-0.1, -0.05) is 265 Å². The second-order valence-electron chi connectivity index (χ2n) is 19.4. The maximum absolute atomic E-state index is 12.9. The van der Waals surface area contributed by atoms with Crippen LogP contribution in [-0.4, -0.2) is 37.2 Å². The number of allylic oxidation sites excluding steroid dienone is 18. The van der Waals surface area contributed by atoms with Crippen LogP contribution in [0.25, 0.3) is 0 Å². The number of carbonyl (C=O) groups is 3. The summed E-state index contributed by atoms with van der Waals surface area (Å²) in [5.41, 5.74) is 0. The highest BCUT2D eigenvalue weighted by Crippen LogP contribution is 2.14. The Morgan fingerprint density at radius 3 is 0.887 bits per heavy atom. The number of carbonyl (C=O) groups excluding carboxylic acids is 3. The van der Waals surface area contributed by atoms with Crippen molar-refractivity contribution in [1.29, 1.82) is 0 Å². The summed E-state index contributed by atoms with van der Waals surface area (Å²) in [7, 11) is 0. The van der Waals surface area contributed by atoms with Crippen LogP contribution < -0.4 is 0 Å². The Balaban J connectivity index is 4.51. The van der Waals surface area contributed by atoms with Gasteiger partial charge >= 0.3 is 17.9 Å². The fourth-order valence-electron chi connectivity index (χ4n) is 7.94. The molecule has 0 fully saturated rings. The summed E-state index contributed by atoms with van der Waals surface area (Å²) in [6, 6.07) is 0. The number of rotatable bonds is 52. The second-order valence-corrected chi connectivity index (χ2v) is 19.4. The van der Waals surface area contributed by atoms with Crippen LogP contribution in [-0.2, 0) is 28.6 Å². The highest BCUT2D eigenvalue weighted by atomic mass is 16.6. The smallest absolute Gasteiger partial charge is 0.306 e. The molecule has 0 saturated heterocycles. The van der Waals surface area contributed by atoms with Gasteiger partial charge in [0.25, 0.3) is 0 Å². The van der Waals surface area contributed by atoms with Crippen LogP contribution in [0.2, 0.25) is 0 Å². The molecule has 0 N–H and O–H groups in total. The van der Waals surface area contributed by atoms with Gasteiger partial charge in [-0.25, -0.2) is 0 Å². The number of hydrogen-bond acceptors (Lipinski definition) is 6. The average Bonchev–Trinajstić information content (AvgIpc) is 3.37. The minimum Gasteiger partial charge on any atom is -0.462 e. The van der Waals surface area contributed by atoms with Crippen molar-refractivity contribution in [3.63, 3.8) is 0 Å². The molecular formula is C65H108O6. The minimum atomic E-state index is -0.804. The van der Waals surface area contributed by atoms with E-state index >= 15 is 0 Å². The molecule has 0 spiro atoms. The van der Waals surface area contributed by atoms with Gasteiger partial charge in [0.2, 0.25) is 0 Å². The molecule has 6 nitrogen and oxygen atoms in total. The molecule has 0 rings (SSSR count). The zero-order valence-corrected chi connectivity index (χ0v) is 46.2. The summed E-state index contributed by atoms with van der Waals surface area (Å²) in [6.45, 7) is 6.50. The summed E-state index contributed by atoms with van der Waals surface area (Å²) < 4.78 is 16.9. The van der Waals surface area contributed by atoms with Gasteiger partial charge in [0.15, 0.2) is 6.10 Å². The zero-order chi connectivity index (χ0) is 51.4. The van der Waals surface area contributed by atoms with Gasteiger partial charge < -0.3 is 14.2 Å². The zero-order valence-electron chi connectivity index (χ0n) is 46.2. The first-order valence-electron chi connectivity index (χ1n) is 29.5. The molecule has 0 aromatic rings. The molecule has 6 heteroatoms. The maximum Gasteiger partial charge on any atom is 0.306 e. The van der Waals surface area contributed by atoms with Crippen LogP contribution in [0.15, 0.2) is 109 Å². The van der Waals surface area contributed by atoms with E-state index in [9.17, 15) is 14.4 Å². The first-order valence-corrected chi connectivity index (χ1v) is 29.5. The molecule has 0 bridgehead atoms. The normalized spacial score (nSPS) is 12.9. The first kappa shape index (κ1) is 67.1. The quantitative estimate of drug-likeness (QED) is 0.0199. The Hall–Kier alpha value is -3.93. The summed E-state index contributed by atoms with van der Waals surface area (Å²) in [4.78, 5) is 38.2. The van der Waals surface area contributed by atoms with Crippen molar-refractivity contribution in [2.24, 2.45) is 0 Å². The Kier molecular flexibility index (Phi) is 55.4. The van der Waals surface area contributed by atoms with E-state index in [1.165, 1.54) is 116 Å². The molecule has 0 aromatic heterocycles. The molecule has 0 heterocycles. The van der Waals surface area contributed by atoms with Gasteiger partial charge in [-0.15, -0.1) is 0 Å². The largest absolute Gasteiger partial charge is 0.462 e. The van der Waals surface area contributed by atoms with Crippen LogP contribution in [0.1, 0.15) is 265 Å². The van der Waals surface area contributed by atoms with E-state index in [4.69, 9.17) is 14.2 Å². The predicted octanol–water partition coefficient (Wildman–Crippen LogP) is 19.9. The van der Waals surface area contributed by atoms with Gasteiger partial charge in [0.05, 0.1) is 0 Å². The van der Waals surface area contributed by atoms with E-state index in [1.54, 1.807) is 0 Å². The van der Waals surface area contributed by atoms with Gasteiger partial charge in [0.1, 0.15) is 13.2 Å². The van der Waals surface area contributed by atoms with Crippen LogP contribution in [0.4, 0.5) is 0 Å². The summed E-state index contributed by atoms with van der Waals surface area (Å²) >= 11 is 0. The Morgan fingerprint density at radius 1 is 0.282 bits per heavy atom. The minimum absolute atomic E-state index is 0.0985. The third-order valence-electron chi connectivity index (χ3n) is 12.4. The lowest BCUT2D eigenvalue weighted by Crippen LogP contribution is -2.30. The van der Waals surface area contributed by atoms with E-state index in [0.29, 0.717) is 19.3 Å². The maximum atomic E-state index is 12.9. The summed E-state index contributed by atoms with van der Waals surface area (Å²) in [5, 5.41) is 0. The summed E-state index contributed by atoms with van der Waals surface area (Å²) in [6.07, 6.45) is 79.2. The molecule has 1 unspecified atom stereocenters. The Labute approximate surface area is 438 Å². The molecule has 0 aliphatic heterocycles. The molecule has 0 radical (unpaired) electrons. The SMILES string of the molecule is CCC\C=C/C=C\C=C/C=C\C=C/CCCCCCCC(=O)OCC(COC(=O)CCCCCCCCC/C=C\CCCCCCCC)OC(=O)CCCCCCC\C=C/C=C\C=C/CCCCCCC. The third-order valence-corrected chi connectivity index (χ3v) is 12.4. The van der Waals surface area contributed by atoms with Crippen molar-refractivity contribution in [1.82, 2.24) is 0 Å². The molecule has 0 aliphatic carbocycles. The average molecular weight is 986 g/mol. The van der Waals surface area contributed by atoms with Crippen LogP contribution in [0.3, 0.4) is 0 Å². The molecule has 0 aliphatic rings. The van der Waals surface area contributed by atoms with Crippen LogP contribution >= 0.6 is 0 Å². The van der Waals surface area contributed by atoms with Crippen molar-refractivity contribution in [3.8, 4) is 0 Å². The Morgan fingerprint density at radius 2 is 0.549 bits per heavy atom. The lowest BCUT2D eigenvalue weighted by molar-refractivity contribution is -0.167. The van der Waals surface area contributed by atoms with Gasteiger partial charge in [-0.3, -0.25) is 14.4 Å². The highest BCUT2D eigenvalue weighted by Gasteiger charge is 2.19. The fraction of sp³-hybridized carbons (Fsp3) is 0.677. The van der Waals surface area contributed by atoms with Crippen LogP contribution in [0, 0.1) is 0 Å². The number of esters is 3. The molecular weight excluding hydrogens is 877 g/mol. The van der Waals surface area contributed by atoms with Gasteiger partial charge in [0, 0.05) is 19.3 Å². The first-order chi connectivity index (χ1) is 35.0. The molecule has 0 aromatic carbocycles. The topological polar surface area (TPSA) is 78.9 Å². The van der Waals surface area contributed by atoms with E-state index in [0.717, 1.165) is 109 Å². The van der Waals surface area contributed by atoms with Crippen molar-refractivity contribution in [2.75, 3.05) is 13.2 Å². The highest BCUT2D eigenvalue weighted by molar-refractivity contribution is 5.71. The van der Waals surface area contributed by atoms with Gasteiger partial charge in [-0.2, -0.15) is 0 Å². The third kappa shape index (κ3) is 56.9. The standard InChI is InChI=1S/C65H108O6/c1-4-7-10-13-16-19-22-25-28-31-34-37-40-43-46-49-52-55-58-64(67)70-61-62(60-69-63(66)57-54-51-48-45-42-39-36-33-30-27-24-21-18-15-12-9-6-3)71-65(68)59-56-53-50-47-44-41-38-35-32-29-26-23-20-17-14-11-8-5-2/h10,13,16,19,22-23,25-32,34-35,37-38,62H,4-9,11-12,14-15,17-18,20-21,24,33,36,39-61H2,1-3H3/b13-10-,19-16-,25-22-,26-23-,30-27-,31-28-,32-29-,37-34-,38-35-. The molecule has 0 amide bonds. The molecule has 0 saturated carbocycles. The fourth-order valence-corrected chi connectivity index (χ4v) is 7.94. The van der Waals surface area contributed by atoms with E-state index in [1.807, 2.05) is 24.3 Å². The monoisotopic (exact) mass is 985 g/mol. The number of unbranched alkanes of at least 4 members (excludes halogenated alkanes) is 29.